The fraction of sp³-hybridized carbons (Fsp3) is 0.429. The lowest BCUT2D eigenvalue weighted by Crippen LogP contribution is -2.34. The maximum absolute atomic E-state index is 9.89. The molecular formula is C14H19NO3. The lowest BCUT2D eigenvalue weighted by atomic mass is 9.98. The van der Waals surface area contributed by atoms with Crippen LogP contribution in [0.5, 0.6) is 11.5 Å². The molecule has 4 heteroatoms. The average Bonchev–Trinajstić information content (AvgIpc) is 2.41. The van der Waals surface area contributed by atoms with Crippen molar-refractivity contribution in [3.05, 3.63) is 30.4 Å². The smallest absolute Gasteiger partial charge is 0.162 e. The second kappa shape index (κ2) is 5.78. The van der Waals surface area contributed by atoms with Crippen molar-refractivity contribution < 1.29 is 14.6 Å². The first-order valence-electron chi connectivity index (χ1n) is 6.06. The summed E-state index contributed by atoms with van der Waals surface area (Å²) < 4.78 is 10.4. The molecule has 2 N–H and O–H groups in total. The molecule has 0 saturated carbocycles. The summed E-state index contributed by atoms with van der Waals surface area (Å²) in [5, 5.41) is 13.2. The number of ether oxygens (including phenoxy) is 2. The number of nitrogens with one attached hydrogen (secondary N) is 1. The van der Waals surface area contributed by atoms with Gasteiger partial charge in [0, 0.05) is 11.8 Å². The number of hydrogen-bond acceptors (Lipinski definition) is 4. The molecular weight excluding hydrogens is 230 g/mol. The maximum Gasteiger partial charge on any atom is 0.162 e. The summed E-state index contributed by atoms with van der Waals surface area (Å²) in [6, 6.07) is 5.70. The van der Waals surface area contributed by atoms with Crippen molar-refractivity contribution in [2.75, 3.05) is 19.5 Å². The molecule has 98 valence electrons. The standard InChI is InChI=1S/C14H19NO3/c1-17-13-8-7-10(9-14(13)18-2)15-11-5-3-4-6-12(11)16/h3-4,7-9,11-12,15-16H,5-6H2,1-2H3/t11-,12?/m1/s1. The SMILES string of the molecule is COc1ccc(N[C@@H]2CC=CCC2O)cc1OC. The first-order valence-corrected chi connectivity index (χ1v) is 6.06. The van der Waals surface area contributed by atoms with Crippen LogP contribution >= 0.6 is 0 Å². The molecule has 0 radical (unpaired) electrons. The molecule has 0 spiro atoms. The third-order valence-electron chi connectivity index (χ3n) is 3.13. The van der Waals surface area contributed by atoms with E-state index in [9.17, 15) is 5.11 Å². The van der Waals surface area contributed by atoms with Crippen LogP contribution in [0.1, 0.15) is 12.8 Å². The Kier molecular flexibility index (Phi) is 4.10. The van der Waals surface area contributed by atoms with Crippen molar-refractivity contribution >= 4 is 5.69 Å². The summed E-state index contributed by atoms with van der Waals surface area (Å²) in [5.74, 6) is 1.38. The molecule has 0 saturated heterocycles. The zero-order valence-corrected chi connectivity index (χ0v) is 10.7. The minimum Gasteiger partial charge on any atom is -0.493 e. The maximum atomic E-state index is 9.89. The minimum atomic E-state index is -0.344. The Bertz CT molecular complexity index is 431. The van der Waals surface area contributed by atoms with E-state index in [2.05, 4.69) is 11.4 Å². The summed E-state index contributed by atoms with van der Waals surface area (Å²) in [6.07, 6.45) is 5.28. The van der Waals surface area contributed by atoms with E-state index in [0.29, 0.717) is 17.9 Å². The molecule has 2 atom stereocenters. The number of aliphatic hydroxyl groups is 1. The van der Waals surface area contributed by atoms with Gasteiger partial charge in [0.2, 0.25) is 0 Å². The van der Waals surface area contributed by atoms with Gasteiger partial charge in [-0.1, -0.05) is 12.2 Å². The van der Waals surface area contributed by atoms with Gasteiger partial charge in [-0.2, -0.15) is 0 Å². The van der Waals surface area contributed by atoms with Crippen LogP contribution in [0.25, 0.3) is 0 Å². The molecule has 1 aromatic carbocycles. The van der Waals surface area contributed by atoms with Crippen LogP contribution in [0, 0.1) is 0 Å². The highest BCUT2D eigenvalue weighted by Gasteiger charge is 2.20. The number of benzene rings is 1. The van der Waals surface area contributed by atoms with Crippen molar-refractivity contribution in [1.82, 2.24) is 0 Å². The van der Waals surface area contributed by atoms with Crippen molar-refractivity contribution in [3.8, 4) is 11.5 Å². The molecule has 0 heterocycles. The predicted molar refractivity (Wildman–Crippen MR) is 71.3 cm³/mol. The molecule has 1 aliphatic carbocycles. The molecule has 0 bridgehead atoms. The van der Waals surface area contributed by atoms with Crippen LogP contribution in [0.2, 0.25) is 0 Å². The normalized spacial score (nSPS) is 22.6. The van der Waals surface area contributed by atoms with Gasteiger partial charge in [0.15, 0.2) is 11.5 Å². The second-order valence-corrected chi connectivity index (χ2v) is 4.33. The molecule has 4 nitrogen and oxygen atoms in total. The Morgan fingerprint density at radius 1 is 1.11 bits per heavy atom. The highest BCUT2D eigenvalue weighted by molar-refractivity contribution is 5.55. The first-order chi connectivity index (χ1) is 8.74. The fourth-order valence-electron chi connectivity index (χ4n) is 2.10. The lowest BCUT2D eigenvalue weighted by molar-refractivity contribution is 0.151. The van der Waals surface area contributed by atoms with E-state index in [-0.39, 0.29) is 12.1 Å². The third-order valence-corrected chi connectivity index (χ3v) is 3.13. The van der Waals surface area contributed by atoms with Crippen molar-refractivity contribution in [2.24, 2.45) is 0 Å². The van der Waals surface area contributed by atoms with E-state index < -0.39 is 0 Å². The van der Waals surface area contributed by atoms with Crippen LogP contribution in [-0.2, 0) is 0 Å². The summed E-state index contributed by atoms with van der Waals surface area (Å²) in [4.78, 5) is 0. The summed E-state index contributed by atoms with van der Waals surface area (Å²) in [7, 11) is 3.22. The summed E-state index contributed by atoms with van der Waals surface area (Å²) in [6.45, 7) is 0. The quantitative estimate of drug-likeness (QED) is 0.803. The van der Waals surface area contributed by atoms with Crippen molar-refractivity contribution in [3.63, 3.8) is 0 Å². The number of methoxy groups -OCH3 is 2. The molecule has 0 aliphatic heterocycles. The van der Waals surface area contributed by atoms with Crippen LogP contribution in [0.3, 0.4) is 0 Å². The molecule has 18 heavy (non-hydrogen) atoms. The summed E-state index contributed by atoms with van der Waals surface area (Å²) in [5.41, 5.74) is 0.923. The van der Waals surface area contributed by atoms with Gasteiger partial charge >= 0.3 is 0 Å². The molecule has 1 aromatic rings. The highest BCUT2D eigenvalue weighted by Crippen LogP contribution is 2.30. The van der Waals surface area contributed by atoms with Crippen molar-refractivity contribution in [1.29, 1.82) is 0 Å². The Morgan fingerprint density at radius 3 is 2.50 bits per heavy atom. The van der Waals surface area contributed by atoms with Gasteiger partial charge in [0.25, 0.3) is 0 Å². The molecule has 1 unspecified atom stereocenters. The zero-order chi connectivity index (χ0) is 13.0. The van der Waals surface area contributed by atoms with Gasteiger partial charge in [-0.05, 0) is 25.0 Å². The largest absolute Gasteiger partial charge is 0.493 e. The van der Waals surface area contributed by atoms with E-state index in [0.717, 1.165) is 12.1 Å². The minimum absolute atomic E-state index is 0.0492. The van der Waals surface area contributed by atoms with E-state index in [1.165, 1.54) is 0 Å². The van der Waals surface area contributed by atoms with Gasteiger partial charge in [0.1, 0.15) is 0 Å². The topological polar surface area (TPSA) is 50.7 Å². The molecule has 0 aromatic heterocycles. The van der Waals surface area contributed by atoms with E-state index in [4.69, 9.17) is 9.47 Å². The van der Waals surface area contributed by atoms with Crippen LogP contribution in [0.4, 0.5) is 5.69 Å². The number of aliphatic hydroxyl groups excluding tert-OH is 1. The monoisotopic (exact) mass is 249 g/mol. The number of anilines is 1. The predicted octanol–water partition coefficient (Wildman–Crippen LogP) is 2.20. The van der Waals surface area contributed by atoms with Crippen LogP contribution in [0.15, 0.2) is 30.4 Å². The van der Waals surface area contributed by atoms with Crippen LogP contribution in [-0.4, -0.2) is 31.5 Å². The van der Waals surface area contributed by atoms with E-state index in [1.54, 1.807) is 14.2 Å². The number of rotatable bonds is 4. The average molecular weight is 249 g/mol. The highest BCUT2D eigenvalue weighted by atomic mass is 16.5. The lowest BCUT2D eigenvalue weighted by Gasteiger charge is -2.26. The van der Waals surface area contributed by atoms with Gasteiger partial charge in [-0.15, -0.1) is 0 Å². The molecule has 0 amide bonds. The zero-order valence-electron chi connectivity index (χ0n) is 10.7. The van der Waals surface area contributed by atoms with Gasteiger partial charge in [-0.3, -0.25) is 0 Å². The van der Waals surface area contributed by atoms with E-state index >= 15 is 0 Å². The molecule has 2 rings (SSSR count). The third kappa shape index (κ3) is 2.76. The number of hydrogen-bond donors (Lipinski definition) is 2. The second-order valence-electron chi connectivity index (χ2n) is 4.33. The first kappa shape index (κ1) is 12.8. The van der Waals surface area contributed by atoms with Crippen LogP contribution < -0.4 is 14.8 Å². The van der Waals surface area contributed by atoms with Gasteiger partial charge < -0.3 is 19.9 Å². The molecule has 0 fully saturated rings. The Hall–Kier alpha value is -1.68. The Labute approximate surface area is 107 Å². The van der Waals surface area contributed by atoms with Gasteiger partial charge in [0.05, 0.1) is 26.4 Å². The fourth-order valence-corrected chi connectivity index (χ4v) is 2.10. The Morgan fingerprint density at radius 2 is 1.83 bits per heavy atom. The summed E-state index contributed by atoms with van der Waals surface area (Å²) >= 11 is 0. The molecule has 1 aliphatic rings. The van der Waals surface area contributed by atoms with E-state index in [1.807, 2.05) is 24.3 Å². The Balaban J connectivity index is 2.11. The van der Waals surface area contributed by atoms with Gasteiger partial charge in [-0.25, -0.2) is 0 Å². The van der Waals surface area contributed by atoms with Crippen molar-refractivity contribution in [2.45, 2.75) is 25.0 Å².